The minimum atomic E-state index is -3.55. The number of phenols is 1. The Bertz CT molecular complexity index is 1570. The van der Waals surface area contributed by atoms with E-state index in [0.717, 1.165) is 51.1 Å². The lowest BCUT2D eigenvalue weighted by Gasteiger charge is -2.28. The number of sulfonamides is 1. The number of aromatic hydroxyl groups is 1. The second-order valence-corrected chi connectivity index (χ2v) is 14.4. The summed E-state index contributed by atoms with van der Waals surface area (Å²) < 4.78 is 45.4. The number of hydrogen-bond donors (Lipinski definition) is 2. The monoisotopic (exact) mass is 653 g/mol. The van der Waals surface area contributed by atoms with Crippen molar-refractivity contribution in [3.05, 3.63) is 93.3 Å². The van der Waals surface area contributed by atoms with Gasteiger partial charge in [-0.05, 0) is 75.3 Å². The Labute approximate surface area is 275 Å². The van der Waals surface area contributed by atoms with Gasteiger partial charge in [0.1, 0.15) is 30.0 Å². The molecule has 0 saturated carbocycles. The maximum atomic E-state index is 13.0. The number of esters is 1. The third-order valence-corrected chi connectivity index (χ3v) is 9.47. The molecule has 0 aliphatic heterocycles. The molecule has 0 heterocycles. The van der Waals surface area contributed by atoms with Crippen molar-refractivity contribution in [1.29, 1.82) is 0 Å². The van der Waals surface area contributed by atoms with Crippen molar-refractivity contribution in [3.8, 4) is 11.5 Å². The van der Waals surface area contributed by atoms with E-state index in [9.17, 15) is 18.3 Å². The third-order valence-electron chi connectivity index (χ3n) is 8.04. The second kappa shape index (κ2) is 16.8. The largest absolute Gasteiger partial charge is 0.507 e. The molecule has 252 valence electrons. The average Bonchev–Trinajstić information content (AvgIpc) is 2.99. The Hall–Kier alpha value is -3.56. The molecular formula is C37H51NO7S. The molecule has 2 N–H and O–H groups in total. The van der Waals surface area contributed by atoms with Crippen LogP contribution < -0.4 is 9.46 Å². The van der Waals surface area contributed by atoms with E-state index in [1.807, 2.05) is 71.0 Å². The van der Waals surface area contributed by atoms with Crippen molar-refractivity contribution in [1.82, 2.24) is 4.72 Å². The van der Waals surface area contributed by atoms with Crippen molar-refractivity contribution >= 4 is 16.0 Å². The van der Waals surface area contributed by atoms with Crippen LogP contribution in [0.5, 0.6) is 11.5 Å². The summed E-state index contributed by atoms with van der Waals surface area (Å²) in [6.45, 7) is 13.9. The minimum absolute atomic E-state index is 0.00285. The molecule has 0 fully saturated rings. The molecular weight excluding hydrogens is 602 g/mol. The number of methoxy groups -OCH3 is 1. The van der Waals surface area contributed by atoms with Crippen molar-refractivity contribution in [3.63, 3.8) is 0 Å². The zero-order chi connectivity index (χ0) is 34.0. The van der Waals surface area contributed by atoms with Gasteiger partial charge < -0.3 is 19.3 Å². The van der Waals surface area contributed by atoms with Crippen LogP contribution >= 0.6 is 0 Å². The van der Waals surface area contributed by atoms with Crippen LogP contribution in [-0.2, 0) is 24.3 Å². The maximum Gasteiger partial charge on any atom is 0.310 e. The molecule has 2 atom stereocenters. The maximum absolute atomic E-state index is 13.0. The van der Waals surface area contributed by atoms with Crippen molar-refractivity contribution in [2.75, 3.05) is 26.0 Å². The highest BCUT2D eigenvalue weighted by Crippen LogP contribution is 2.44. The van der Waals surface area contributed by atoms with E-state index >= 15 is 0 Å². The molecule has 0 bridgehead atoms. The Morgan fingerprint density at radius 1 is 1.02 bits per heavy atom. The normalized spacial score (nSPS) is 15.5. The predicted molar refractivity (Wildman–Crippen MR) is 184 cm³/mol. The summed E-state index contributed by atoms with van der Waals surface area (Å²) in [5.74, 6) is 1.12. The highest BCUT2D eigenvalue weighted by atomic mass is 32.2. The molecule has 1 aliphatic rings. The summed E-state index contributed by atoms with van der Waals surface area (Å²) in [6.07, 6.45) is 8.55. The molecule has 46 heavy (non-hydrogen) atoms. The summed E-state index contributed by atoms with van der Waals surface area (Å²) in [5.41, 5.74) is 6.52. The quantitative estimate of drug-likeness (QED) is 0.184. The van der Waals surface area contributed by atoms with E-state index in [-0.39, 0.29) is 42.9 Å². The molecule has 2 aromatic rings. The first kappa shape index (κ1) is 36.9. The molecule has 0 saturated heterocycles. The molecule has 0 aromatic heterocycles. The fourth-order valence-electron chi connectivity index (χ4n) is 5.76. The van der Waals surface area contributed by atoms with Crippen molar-refractivity contribution in [2.45, 2.75) is 86.2 Å². The van der Waals surface area contributed by atoms with Gasteiger partial charge in [0, 0.05) is 17.0 Å². The van der Waals surface area contributed by atoms with E-state index in [1.165, 1.54) is 0 Å². The van der Waals surface area contributed by atoms with Crippen LogP contribution in [0.25, 0.3) is 0 Å². The summed E-state index contributed by atoms with van der Waals surface area (Å²) in [5, 5.41) is 11.1. The number of hydrogen-bond acceptors (Lipinski definition) is 7. The number of benzene rings is 2. The number of carbonyl (C=O) groups excluding carboxylic acids is 1. The van der Waals surface area contributed by atoms with Gasteiger partial charge in [0.25, 0.3) is 0 Å². The van der Waals surface area contributed by atoms with E-state index in [0.29, 0.717) is 18.6 Å². The van der Waals surface area contributed by atoms with Crippen LogP contribution in [0.4, 0.5) is 0 Å². The number of rotatable bonds is 16. The van der Waals surface area contributed by atoms with E-state index < -0.39 is 22.1 Å². The fraction of sp³-hybridized carbons (Fsp3) is 0.486. The Morgan fingerprint density at radius 3 is 2.30 bits per heavy atom. The van der Waals surface area contributed by atoms with Crippen molar-refractivity contribution in [2.24, 2.45) is 5.92 Å². The van der Waals surface area contributed by atoms with Gasteiger partial charge in [-0.1, -0.05) is 74.7 Å². The number of carbonyl (C=O) groups is 1. The van der Waals surface area contributed by atoms with E-state index in [1.54, 1.807) is 13.2 Å². The minimum Gasteiger partial charge on any atom is -0.507 e. The summed E-state index contributed by atoms with van der Waals surface area (Å²) >= 11 is 0. The van der Waals surface area contributed by atoms with Gasteiger partial charge in [-0.2, -0.15) is 0 Å². The van der Waals surface area contributed by atoms with Crippen LogP contribution in [0.1, 0.15) is 85.8 Å². The smallest absolute Gasteiger partial charge is 0.310 e. The van der Waals surface area contributed by atoms with Crippen molar-refractivity contribution < 1.29 is 32.5 Å². The van der Waals surface area contributed by atoms with Crippen LogP contribution in [0.3, 0.4) is 0 Å². The van der Waals surface area contributed by atoms with Gasteiger partial charge in [-0.15, -0.1) is 0 Å². The second-order valence-electron chi connectivity index (χ2n) is 12.5. The molecule has 1 aliphatic carbocycles. The summed E-state index contributed by atoms with van der Waals surface area (Å²) in [6, 6.07) is 8.08. The van der Waals surface area contributed by atoms with Gasteiger partial charge in [-0.3, -0.25) is 4.79 Å². The van der Waals surface area contributed by atoms with E-state index in [4.69, 9.17) is 14.2 Å². The lowest BCUT2D eigenvalue weighted by Crippen LogP contribution is -2.39. The number of phenolic OH excluding ortho intramolecular Hbond substituents is 1. The average molecular weight is 654 g/mol. The Kier molecular flexibility index (Phi) is 13.5. The summed E-state index contributed by atoms with van der Waals surface area (Å²) in [4.78, 5) is 13.0. The van der Waals surface area contributed by atoms with Gasteiger partial charge in [-0.25, -0.2) is 13.1 Å². The van der Waals surface area contributed by atoms with Gasteiger partial charge in [0.15, 0.2) is 0 Å². The van der Waals surface area contributed by atoms with Crippen LogP contribution in [0, 0.1) is 33.6 Å². The van der Waals surface area contributed by atoms with Crippen LogP contribution in [-0.4, -0.2) is 51.6 Å². The molecule has 0 amide bonds. The first-order chi connectivity index (χ1) is 21.7. The number of allylic oxidation sites excluding steroid dienone is 4. The standard InChI is InChI=1S/C37H51NO7S/c1-9-10-17-46(41,42)38-22-31(45-34(39)16-13-29-11-14-30(43-8)15-12-29)23-44-37-28(7)19-26(5)21-33(37)35(24(2)3)32-20-25(4)18-27(6)36(32)40/h11,13-15,18-21,24,31,35,38,40H,9-10,12,16-17,22-23H2,1-8H3. The fourth-order valence-corrected chi connectivity index (χ4v) is 7.02. The number of nitrogens with one attached hydrogen (secondary N) is 1. The number of unbranched alkanes of at least 4 members (excludes halogenated alkanes) is 1. The SMILES string of the molecule is CCCCS(=O)(=O)NCC(COc1c(C)cc(C)cc1C(c1cc(C)cc(C)c1O)C(C)C)OC(=O)CC=C1C=CC(OC)=CC1. The molecule has 8 nitrogen and oxygen atoms in total. The molecule has 2 aromatic carbocycles. The Balaban J connectivity index is 1.89. The highest BCUT2D eigenvalue weighted by Gasteiger charge is 2.28. The molecule has 0 spiro atoms. The number of aryl methyl sites for hydroxylation is 4. The third kappa shape index (κ3) is 10.5. The molecule has 2 unspecified atom stereocenters. The first-order valence-electron chi connectivity index (χ1n) is 16.1. The predicted octanol–water partition coefficient (Wildman–Crippen LogP) is 7.23. The summed E-state index contributed by atoms with van der Waals surface area (Å²) in [7, 11) is -1.94. The molecule has 3 rings (SSSR count). The first-order valence-corrected chi connectivity index (χ1v) is 17.7. The topological polar surface area (TPSA) is 111 Å². The van der Waals surface area contributed by atoms with Gasteiger partial charge in [0.2, 0.25) is 10.0 Å². The zero-order valence-electron chi connectivity index (χ0n) is 28.6. The van der Waals surface area contributed by atoms with Gasteiger partial charge in [0.05, 0.1) is 25.8 Å². The van der Waals surface area contributed by atoms with E-state index in [2.05, 4.69) is 24.6 Å². The van der Waals surface area contributed by atoms with Crippen LogP contribution in [0.2, 0.25) is 0 Å². The lowest BCUT2D eigenvalue weighted by atomic mass is 9.79. The van der Waals surface area contributed by atoms with Crippen LogP contribution in [0.15, 0.2) is 59.9 Å². The van der Waals surface area contributed by atoms with Gasteiger partial charge >= 0.3 is 5.97 Å². The molecule has 0 radical (unpaired) electrons. The number of ether oxygens (including phenoxy) is 3. The lowest BCUT2D eigenvalue weighted by molar-refractivity contribution is -0.149. The zero-order valence-corrected chi connectivity index (χ0v) is 29.4. The Morgan fingerprint density at radius 2 is 1.70 bits per heavy atom. The highest BCUT2D eigenvalue weighted by molar-refractivity contribution is 7.89. The molecule has 9 heteroatoms.